The highest BCUT2D eigenvalue weighted by atomic mass is 16.5. The van der Waals surface area contributed by atoms with Crippen molar-refractivity contribution in [3.8, 4) is 6.01 Å². The van der Waals surface area contributed by atoms with Gasteiger partial charge in [0.1, 0.15) is 0 Å². The summed E-state index contributed by atoms with van der Waals surface area (Å²) in [6.07, 6.45) is 1.66. The van der Waals surface area contributed by atoms with Crippen molar-refractivity contribution in [2.24, 2.45) is 0 Å². The Hall–Kier alpha value is -2.63. The molecule has 102 valence electrons. The van der Waals surface area contributed by atoms with Gasteiger partial charge in [-0.3, -0.25) is 9.36 Å². The average Bonchev–Trinajstić information content (AvgIpc) is 2.88. The van der Waals surface area contributed by atoms with Crippen LogP contribution in [0.25, 0.3) is 16.7 Å². The third kappa shape index (κ3) is 1.77. The molecule has 0 N–H and O–H groups in total. The predicted molar refractivity (Wildman–Crippen MR) is 76.1 cm³/mol. The Labute approximate surface area is 114 Å². The zero-order valence-electron chi connectivity index (χ0n) is 11.1. The first-order valence-corrected chi connectivity index (χ1v) is 6.38. The van der Waals surface area contributed by atoms with Crippen molar-refractivity contribution in [2.75, 3.05) is 6.61 Å². The topological polar surface area (TPSA) is 61.4 Å². The van der Waals surface area contributed by atoms with Gasteiger partial charge < -0.3 is 4.74 Å². The lowest BCUT2D eigenvalue weighted by Crippen LogP contribution is -2.22. The highest BCUT2D eigenvalue weighted by Gasteiger charge is 2.14. The third-order valence-corrected chi connectivity index (χ3v) is 3.00. The highest BCUT2D eigenvalue weighted by molar-refractivity contribution is 5.79. The van der Waals surface area contributed by atoms with Gasteiger partial charge in [0.05, 0.1) is 17.5 Å². The summed E-state index contributed by atoms with van der Waals surface area (Å²) in [7, 11) is 0. The van der Waals surface area contributed by atoms with E-state index >= 15 is 0 Å². The van der Waals surface area contributed by atoms with Gasteiger partial charge in [0.15, 0.2) is 0 Å². The van der Waals surface area contributed by atoms with Gasteiger partial charge in [-0.25, -0.2) is 0 Å². The van der Waals surface area contributed by atoms with Gasteiger partial charge in [0.2, 0.25) is 5.78 Å². The van der Waals surface area contributed by atoms with E-state index in [4.69, 9.17) is 4.74 Å². The second-order valence-corrected chi connectivity index (χ2v) is 4.26. The molecule has 0 fully saturated rings. The fourth-order valence-corrected chi connectivity index (χ4v) is 2.18. The molecule has 0 aliphatic heterocycles. The van der Waals surface area contributed by atoms with Gasteiger partial charge in [-0.15, -0.1) is 11.7 Å². The lowest BCUT2D eigenvalue weighted by molar-refractivity contribution is 0.313. The van der Waals surface area contributed by atoms with E-state index in [0.717, 1.165) is 0 Å². The first kappa shape index (κ1) is 12.4. The van der Waals surface area contributed by atoms with Crippen LogP contribution in [0.1, 0.15) is 6.92 Å². The number of nitrogens with zero attached hydrogens (tertiary/aromatic N) is 4. The maximum Gasteiger partial charge on any atom is 0.337 e. The minimum absolute atomic E-state index is 0.108. The van der Waals surface area contributed by atoms with Crippen molar-refractivity contribution in [1.29, 1.82) is 0 Å². The van der Waals surface area contributed by atoms with Crippen LogP contribution >= 0.6 is 0 Å². The summed E-state index contributed by atoms with van der Waals surface area (Å²) in [5.74, 6) is 0.456. The first-order chi connectivity index (χ1) is 9.76. The Balaban J connectivity index is 2.46. The molecule has 0 atom stereocenters. The summed E-state index contributed by atoms with van der Waals surface area (Å²) in [4.78, 5) is 16.8. The van der Waals surface area contributed by atoms with Crippen LogP contribution < -0.4 is 10.3 Å². The van der Waals surface area contributed by atoms with Crippen LogP contribution in [0.2, 0.25) is 0 Å². The molecule has 0 bridgehead atoms. The molecular formula is C14H14N4O2. The van der Waals surface area contributed by atoms with E-state index in [1.165, 1.54) is 4.57 Å². The van der Waals surface area contributed by atoms with E-state index in [9.17, 15) is 4.79 Å². The molecule has 3 aromatic rings. The maximum absolute atomic E-state index is 12.5. The molecule has 6 nitrogen and oxygen atoms in total. The van der Waals surface area contributed by atoms with Crippen LogP contribution in [0.4, 0.5) is 0 Å². The third-order valence-electron chi connectivity index (χ3n) is 3.00. The molecule has 20 heavy (non-hydrogen) atoms. The number of rotatable bonds is 4. The van der Waals surface area contributed by atoms with Crippen molar-refractivity contribution in [3.05, 3.63) is 47.3 Å². The number of allylic oxidation sites excluding steroid dienone is 1. The first-order valence-electron chi connectivity index (χ1n) is 6.38. The van der Waals surface area contributed by atoms with E-state index in [1.807, 2.05) is 25.1 Å². The highest BCUT2D eigenvalue weighted by Crippen LogP contribution is 2.14. The predicted octanol–water partition coefficient (Wildman–Crippen LogP) is 1.63. The Morgan fingerprint density at radius 2 is 2.20 bits per heavy atom. The van der Waals surface area contributed by atoms with E-state index in [-0.39, 0.29) is 11.6 Å². The lowest BCUT2D eigenvalue weighted by atomic mass is 10.2. The van der Waals surface area contributed by atoms with Crippen LogP contribution in [-0.2, 0) is 6.54 Å². The molecule has 0 aliphatic rings. The number of fused-ring (bicyclic) bond motifs is 3. The maximum atomic E-state index is 12.5. The largest absolute Gasteiger partial charge is 0.463 e. The molecule has 0 saturated heterocycles. The van der Waals surface area contributed by atoms with Gasteiger partial charge in [-0.1, -0.05) is 18.2 Å². The summed E-state index contributed by atoms with van der Waals surface area (Å²) in [5, 5.41) is 4.90. The van der Waals surface area contributed by atoms with E-state index in [1.54, 1.807) is 16.7 Å². The Morgan fingerprint density at radius 3 is 2.95 bits per heavy atom. The molecule has 0 spiro atoms. The zero-order chi connectivity index (χ0) is 14.1. The van der Waals surface area contributed by atoms with Crippen LogP contribution in [0.5, 0.6) is 6.01 Å². The van der Waals surface area contributed by atoms with Crippen LogP contribution in [0.15, 0.2) is 41.7 Å². The summed E-state index contributed by atoms with van der Waals surface area (Å²) in [6.45, 7) is 6.39. The van der Waals surface area contributed by atoms with Crippen LogP contribution in [-0.4, -0.2) is 25.8 Å². The number of hydrogen-bond donors (Lipinski definition) is 0. The van der Waals surface area contributed by atoms with Gasteiger partial charge in [0.25, 0.3) is 5.56 Å². The summed E-state index contributed by atoms with van der Waals surface area (Å²) >= 11 is 0. The molecule has 2 aromatic heterocycles. The monoisotopic (exact) mass is 270 g/mol. The summed E-state index contributed by atoms with van der Waals surface area (Å²) < 4.78 is 8.49. The van der Waals surface area contributed by atoms with Crippen LogP contribution in [0.3, 0.4) is 0 Å². The van der Waals surface area contributed by atoms with Crippen molar-refractivity contribution in [1.82, 2.24) is 19.2 Å². The number of hydrogen-bond acceptors (Lipinski definition) is 4. The van der Waals surface area contributed by atoms with Crippen molar-refractivity contribution in [2.45, 2.75) is 13.5 Å². The number of para-hydroxylation sites is 1. The fraction of sp³-hybridized carbons (Fsp3) is 0.214. The van der Waals surface area contributed by atoms with Gasteiger partial charge >= 0.3 is 6.01 Å². The number of benzene rings is 1. The van der Waals surface area contributed by atoms with Gasteiger partial charge in [-0.2, -0.15) is 9.50 Å². The smallest absolute Gasteiger partial charge is 0.337 e. The Bertz CT molecular complexity index is 847. The summed E-state index contributed by atoms with van der Waals surface area (Å²) in [5.41, 5.74) is 0.606. The molecule has 0 saturated carbocycles. The van der Waals surface area contributed by atoms with E-state index in [2.05, 4.69) is 16.7 Å². The molecule has 1 aromatic carbocycles. The van der Waals surface area contributed by atoms with E-state index < -0.39 is 0 Å². The Morgan fingerprint density at radius 1 is 1.40 bits per heavy atom. The molecule has 0 radical (unpaired) electrons. The summed E-state index contributed by atoms with van der Waals surface area (Å²) in [6, 6.07) is 7.57. The minimum atomic E-state index is -0.108. The number of aromatic nitrogens is 4. The molecule has 2 heterocycles. The van der Waals surface area contributed by atoms with E-state index in [0.29, 0.717) is 29.8 Å². The molecule has 3 rings (SSSR count). The second-order valence-electron chi connectivity index (χ2n) is 4.26. The molecule has 0 aliphatic carbocycles. The molecular weight excluding hydrogens is 256 g/mol. The van der Waals surface area contributed by atoms with Crippen molar-refractivity contribution in [3.63, 3.8) is 0 Å². The van der Waals surface area contributed by atoms with Crippen LogP contribution in [0, 0.1) is 0 Å². The Kier molecular flexibility index (Phi) is 2.98. The van der Waals surface area contributed by atoms with Gasteiger partial charge in [0, 0.05) is 6.54 Å². The molecule has 0 unspecified atom stereocenters. The second kappa shape index (κ2) is 4.80. The zero-order valence-corrected chi connectivity index (χ0v) is 11.1. The quantitative estimate of drug-likeness (QED) is 0.676. The number of ether oxygens (including phenoxy) is 1. The molecule has 6 heteroatoms. The average molecular weight is 270 g/mol. The fourth-order valence-electron chi connectivity index (χ4n) is 2.18. The minimum Gasteiger partial charge on any atom is -0.463 e. The lowest BCUT2D eigenvalue weighted by Gasteiger charge is -2.06. The SMILES string of the molecule is C=CCn1c(=O)c2ccccc2n2nc(OCC)nc12. The standard InChI is InChI=1S/C14H14N4O2/c1-3-9-17-12(19)10-7-5-6-8-11(10)18-14(17)15-13(16-18)20-4-2/h3,5-8H,1,4,9H2,2H3. The van der Waals surface area contributed by atoms with Crippen molar-refractivity contribution < 1.29 is 4.74 Å². The van der Waals surface area contributed by atoms with Crippen molar-refractivity contribution >= 4 is 16.7 Å². The normalized spacial score (nSPS) is 11.1. The van der Waals surface area contributed by atoms with Gasteiger partial charge in [-0.05, 0) is 19.1 Å². The molecule has 0 amide bonds.